The van der Waals surface area contributed by atoms with Gasteiger partial charge in [-0.3, -0.25) is 4.79 Å². The lowest BCUT2D eigenvalue weighted by atomic mass is 10.1. The molecule has 0 bridgehead atoms. The van der Waals surface area contributed by atoms with Gasteiger partial charge in [-0.15, -0.1) is 0 Å². The molecule has 4 nitrogen and oxygen atoms in total. The van der Waals surface area contributed by atoms with Gasteiger partial charge in [0.15, 0.2) is 0 Å². The molecule has 98 valence electrons. The summed E-state index contributed by atoms with van der Waals surface area (Å²) in [5.41, 5.74) is 1.59. The second-order valence-electron chi connectivity index (χ2n) is 4.42. The van der Waals surface area contributed by atoms with Gasteiger partial charge in [-0.05, 0) is 24.3 Å². The molecule has 0 amide bonds. The Kier molecular flexibility index (Phi) is 2.88. The van der Waals surface area contributed by atoms with Crippen LogP contribution in [0.1, 0.15) is 5.56 Å². The van der Waals surface area contributed by atoms with Crippen LogP contribution >= 0.6 is 0 Å². The summed E-state index contributed by atoms with van der Waals surface area (Å²) in [6.07, 6.45) is 0.210. The lowest BCUT2D eigenvalue weighted by Gasteiger charge is -2.06. The van der Waals surface area contributed by atoms with Crippen molar-refractivity contribution < 1.29 is 9.15 Å². The summed E-state index contributed by atoms with van der Waals surface area (Å²) >= 11 is 0. The largest absolute Gasteiger partial charge is 0.497 e. The van der Waals surface area contributed by atoms with Gasteiger partial charge in [0.25, 0.3) is 0 Å². The molecule has 20 heavy (non-hydrogen) atoms. The molecule has 0 fully saturated rings. The second-order valence-corrected chi connectivity index (χ2v) is 4.42. The van der Waals surface area contributed by atoms with Gasteiger partial charge in [0, 0.05) is 5.56 Å². The van der Waals surface area contributed by atoms with E-state index in [1.807, 2.05) is 0 Å². The summed E-state index contributed by atoms with van der Waals surface area (Å²) in [5.74, 6) is 0.609. The maximum atomic E-state index is 12.5. The van der Waals surface area contributed by atoms with Crippen molar-refractivity contribution in [2.24, 2.45) is 0 Å². The SMILES string of the molecule is COc1ccc2oc3c(CC#N)cccc3c(=O)c2c1. The Morgan fingerprint density at radius 2 is 2.10 bits per heavy atom. The van der Waals surface area contributed by atoms with E-state index in [1.54, 1.807) is 43.5 Å². The third kappa shape index (κ3) is 1.81. The monoisotopic (exact) mass is 265 g/mol. The smallest absolute Gasteiger partial charge is 0.200 e. The molecule has 3 aromatic rings. The zero-order valence-corrected chi connectivity index (χ0v) is 10.8. The van der Waals surface area contributed by atoms with Crippen LogP contribution in [0, 0.1) is 11.3 Å². The van der Waals surface area contributed by atoms with Crippen LogP contribution < -0.4 is 10.2 Å². The fraction of sp³-hybridized carbons (Fsp3) is 0.125. The van der Waals surface area contributed by atoms with Gasteiger partial charge < -0.3 is 9.15 Å². The third-order valence-electron chi connectivity index (χ3n) is 3.25. The van der Waals surface area contributed by atoms with Crippen molar-refractivity contribution >= 4 is 21.9 Å². The van der Waals surface area contributed by atoms with Gasteiger partial charge in [0.2, 0.25) is 5.43 Å². The number of hydrogen-bond acceptors (Lipinski definition) is 4. The molecule has 0 spiro atoms. The van der Waals surface area contributed by atoms with Crippen LogP contribution in [-0.2, 0) is 6.42 Å². The standard InChI is InChI=1S/C16H11NO3/c1-19-11-5-6-14-13(9-11)15(18)12-4-2-3-10(7-8-17)16(12)20-14/h2-6,9H,7H2,1H3. The lowest BCUT2D eigenvalue weighted by Crippen LogP contribution is -2.03. The average molecular weight is 265 g/mol. The summed E-state index contributed by atoms with van der Waals surface area (Å²) in [5, 5.41) is 9.81. The Morgan fingerprint density at radius 1 is 1.25 bits per heavy atom. The van der Waals surface area contributed by atoms with Gasteiger partial charge in [-0.25, -0.2) is 0 Å². The molecular formula is C16H11NO3. The van der Waals surface area contributed by atoms with Crippen molar-refractivity contribution in [2.75, 3.05) is 7.11 Å². The molecule has 0 unspecified atom stereocenters. The molecule has 2 aromatic carbocycles. The number of benzene rings is 2. The number of nitriles is 1. The highest BCUT2D eigenvalue weighted by Crippen LogP contribution is 2.24. The van der Waals surface area contributed by atoms with Crippen LogP contribution in [0.3, 0.4) is 0 Å². The Morgan fingerprint density at radius 3 is 2.85 bits per heavy atom. The summed E-state index contributed by atoms with van der Waals surface area (Å²) in [6, 6.07) is 12.5. The van der Waals surface area contributed by atoms with Crippen LogP contribution in [0.5, 0.6) is 5.75 Å². The molecule has 0 N–H and O–H groups in total. The lowest BCUT2D eigenvalue weighted by molar-refractivity contribution is 0.415. The molecule has 1 aromatic heterocycles. The first-order valence-corrected chi connectivity index (χ1v) is 6.14. The van der Waals surface area contributed by atoms with E-state index in [9.17, 15) is 4.79 Å². The van der Waals surface area contributed by atoms with Gasteiger partial charge in [0.1, 0.15) is 16.9 Å². The van der Waals surface area contributed by atoms with E-state index in [0.717, 1.165) is 5.56 Å². The number of methoxy groups -OCH3 is 1. The van der Waals surface area contributed by atoms with Gasteiger partial charge in [0.05, 0.1) is 30.4 Å². The summed E-state index contributed by atoms with van der Waals surface area (Å²) in [6.45, 7) is 0. The molecule has 0 aliphatic rings. The number of hydrogen-bond donors (Lipinski definition) is 0. The van der Waals surface area contributed by atoms with E-state index < -0.39 is 0 Å². The van der Waals surface area contributed by atoms with E-state index in [-0.39, 0.29) is 11.8 Å². The molecule has 3 rings (SSSR count). The first-order valence-electron chi connectivity index (χ1n) is 6.14. The van der Waals surface area contributed by atoms with Crippen molar-refractivity contribution in [3.05, 3.63) is 52.2 Å². The van der Waals surface area contributed by atoms with Crippen molar-refractivity contribution in [3.8, 4) is 11.8 Å². The van der Waals surface area contributed by atoms with Crippen molar-refractivity contribution in [2.45, 2.75) is 6.42 Å². The highest BCUT2D eigenvalue weighted by Gasteiger charge is 2.11. The molecular weight excluding hydrogens is 254 g/mol. The molecule has 0 aliphatic carbocycles. The van der Waals surface area contributed by atoms with Gasteiger partial charge in [-0.2, -0.15) is 5.26 Å². The Bertz CT molecular complexity index is 903. The number of para-hydroxylation sites is 1. The first kappa shape index (κ1) is 12.2. The molecule has 4 heteroatoms. The van der Waals surface area contributed by atoms with E-state index >= 15 is 0 Å². The summed E-state index contributed by atoms with van der Waals surface area (Å²) < 4.78 is 10.9. The summed E-state index contributed by atoms with van der Waals surface area (Å²) in [7, 11) is 1.55. The summed E-state index contributed by atoms with van der Waals surface area (Å²) in [4.78, 5) is 12.5. The average Bonchev–Trinajstić information content (AvgIpc) is 2.48. The van der Waals surface area contributed by atoms with E-state index in [0.29, 0.717) is 27.7 Å². The maximum Gasteiger partial charge on any atom is 0.200 e. The zero-order chi connectivity index (χ0) is 14.1. The fourth-order valence-electron chi connectivity index (χ4n) is 2.27. The van der Waals surface area contributed by atoms with E-state index in [1.165, 1.54) is 0 Å². The van der Waals surface area contributed by atoms with Gasteiger partial charge in [-0.1, -0.05) is 12.1 Å². The molecule has 0 aliphatic heterocycles. The van der Waals surface area contributed by atoms with E-state index in [2.05, 4.69) is 6.07 Å². The van der Waals surface area contributed by atoms with Crippen molar-refractivity contribution in [3.63, 3.8) is 0 Å². The van der Waals surface area contributed by atoms with Crippen molar-refractivity contribution in [1.82, 2.24) is 0 Å². The van der Waals surface area contributed by atoms with Crippen molar-refractivity contribution in [1.29, 1.82) is 5.26 Å². The molecule has 0 radical (unpaired) electrons. The number of rotatable bonds is 2. The Hall–Kier alpha value is -2.80. The highest BCUT2D eigenvalue weighted by atomic mass is 16.5. The number of ether oxygens (including phenoxy) is 1. The minimum absolute atomic E-state index is 0.111. The maximum absolute atomic E-state index is 12.5. The second kappa shape index (κ2) is 4.71. The molecule has 0 saturated heterocycles. The highest BCUT2D eigenvalue weighted by molar-refractivity contribution is 5.91. The molecule has 0 saturated carbocycles. The molecule has 0 atom stereocenters. The predicted molar refractivity (Wildman–Crippen MR) is 75.9 cm³/mol. The van der Waals surface area contributed by atoms with E-state index in [4.69, 9.17) is 14.4 Å². The van der Waals surface area contributed by atoms with Crippen LogP contribution in [0.15, 0.2) is 45.6 Å². The fourth-order valence-corrected chi connectivity index (χ4v) is 2.27. The van der Waals surface area contributed by atoms with Crippen LogP contribution in [0.25, 0.3) is 21.9 Å². The molecule has 1 heterocycles. The van der Waals surface area contributed by atoms with Gasteiger partial charge >= 0.3 is 0 Å². The normalized spacial score (nSPS) is 10.6. The third-order valence-corrected chi connectivity index (χ3v) is 3.25. The predicted octanol–water partition coefficient (Wildman–Crippen LogP) is 3.02. The Labute approximate surface area is 114 Å². The first-order chi connectivity index (χ1) is 9.74. The Balaban J connectivity index is 2.44. The topological polar surface area (TPSA) is 63.2 Å². The van der Waals surface area contributed by atoms with Crippen LogP contribution in [0.4, 0.5) is 0 Å². The quantitative estimate of drug-likeness (QED) is 0.668. The minimum atomic E-state index is -0.111. The van der Waals surface area contributed by atoms with Crippen LogP contribution in [0.2, 0.25) is 0 Å². The number of nitrogens with zero attached hydrogens (tertiary/aromatic N) is 1. The van der Waals surface area contributed by atoms with Crippen LogP contribution in [-0.4, -0.2) is 7.11 Å². The zero-order valence-electron chi connectivity index (χ0n) is 10.8. The number of fused-ring (bicyclic) bond motifs is 2. The minimum Gasteiger partial charge on any atom is -0.497 e.